The van der Waals surface area contributed by atoms with Crippen LogP contribution >= 0.6 is 0 Å². The van der Waals surface area contributed by atoms with Gasteiger partial charge >= 0.3 is 0 Å². The van der Waals surface area contributed by atoms with Gasteiger partial charge in [-0.15, -0.1) is 0 Å². The highest BCUT2D eigenvalue weighted by molar-refractivity contribution is 5.34. The van der Waals surface area contributed by atoms with E-state index in [2.05, 4.69) is 51.2 Å². The first-order chi connectivity index (χ1) is 9.08. The number of hydrogen-bond acceptors (Lipinski definition) is 2. The third-order valence-corrected chi connectivity index (χ3v) is 3.80. The van der Waals surface area contributed by atoms with Crippen LogP contribution in [0, 0.1) is 13.8 Å². The van der Waals surface area contributed by atoms with Crippen LogP contribution in [0.4, 0.5) is 0 Å². The quantitative estimate of drug-likeness (QED) is 0.773. The minimum Gasteiger partial charge on any atom is -0.382 e. The first-order valence-electron chi connectivity index (χ1n) is 7.39. The molecule has 2 nitrogen and oxygen atoms in total. The molecule has 108 valence electrons. The molecule has 0 aromatic heterocycles. The zero-order valence-corrected chi connectivity index (χ0v) is 13.1. The largest absolute Gasteiger partial charge is 0.382 e. The zero-order valence-electron chi connectivity index (χ0n) is 13.1. The van der Waals surface area contributed by atoms with Crippen LogP contribution in [0.1, 0.15) is 43.4 Å². The molecule has 2 heteroatoms. The molecule has 0 spiro atoms. The Balaban J connectivity index is 2.75. The summed E-state index contributed by atoms with van der Waals surface area (Å²) in [5, 5.41) is 3.66. The van der Waals surface area contributed by atoms with Gasteiger partial charge in [0.15, 0.2) is 0 Å². The zero-order chi connectivity index (χ0) is 14.3. The molecule has 0 heterocycles. The molecule has 0 saturated heterocycles. The Hall–Kier alpha value is -0.860. The van der Waals surface area contributed by atoms with Crippen molar-refractivity contribution in [2.24, 2.45) is 0 Å². The lowest BCUT2D eigenvalue weighted by Gasteiger charge is -2.23. The van der Waals surface area contributed by atoms with E-state index in [-0.39, 0.29) is 0 Å². The fraction of sp³-hybridized carbons (Fsp3) is 0.647. The Labute approximate surface area is 118 Å². The lowest BCUT2D eigenvalue weighted by Crippen LogP contribution is -2.35. The minimum atomic E-state index is 0.304. The van der Waals surface area contributed by atoms with E-state index in [9.17, 15) is 0 Å². The molecule has 0 aliphatic rings. The van der Waals surface area contributed by atoms with E-state index in [1.165, 1.54) is 23.1 Å². The van der Waals surface area contributed by atoms with Crippen LogP contribution in [0.25, 0.3) is 0 Å². The Bertz CT molecular complexity index is 355. The molecule has 0 amide bonds. The average molecular weight is 263 g/mol. The van der Waals surface area contributed by atoms with Gasteiger partial charge in [-0.1, -0.05) is 25.1 Å². The molecule has 0 fully saturated rings. The number of rotatable bonds is 8. The van der Waals surface area contributed by atoms with Crippen LogP contribution in [0.15, 0.2) is 18.2 Å². The summed E-state index contributed by atoms with van der Waals surface area (Å²) in [6.45, 7) is 9.85. The van der Waals surface area contributed by atoms with Crippen LogP contribution in [0.5, 0.6) is 0 Å². The molecule has 1 aromatic rings. The second kappa shape index (κ2) is 8.34. The van der Waals surface area contributed by atoms with Gasteiger partial charge in [-0.05, 0) is 63.3 Å². The van der Waals surface area contributed by atoms with E-state index in [1.54, 1.807) is 7.11 Å². The molecule has 2 atom stereocenters. The SMILES string of the molecule is CCCNC(Cc1c(C)cccc1C)CC(C)OC. The third kappa shape index (κ3) is 5.33. The van der Waals surface area contributed by atoms with Crippen LogP contribution in [0.3, 0.4) is 0 Å². The van der Waals surface area contributed by atoms with Gasteiger partial charge in [0.25, 0.3) is 0 Å². The highest BCUT2D eigenvalue weighted by Gasteiger charge is 2.15. The van der Waals surface area contributed by atoms with Crippen LogP contribution in [-0.2, 0) is 11.2 Å². The average Bonchev–Trinajstić information content (AvgIpc) is 2.39. The number of methoxy groups -OCH3 is 1. The summed E-state index contributed by atoms with van der Waals surface area (Å²) in [4.78, 5) is 0. The summed E-state index contributed by atoms with van der Waals surface area (Å²) in [5.41, 5.74) is 4.28. The molecular formula is C17H29NO. The monoisotopic (exact) mass is 263 g/mol. The van der Waals surface area contributed by atoms with Gasteiger partial charge in [0.1, 0.15) is 0 Å². The number of nitrogens with one attached hydrogen (secondary N) is 1. The first-order valence-corrected chi connectivity index (χ1v) is 7.39. The smallest absolute Gasteiger partial charge is 0.0558 e. The van der Waals surface area contributed by atoms with Crippen molar-refractivity contribution in [2.75, 3.05) is 13.7 Å². The molecule has 19 heavy (non-hydrogen) atoms. The van der Waals surface area contributed by atoms with Crippen molar-refractivity contribution < 1.29 is 4.74 Å². The van der Waals surface area contributed by atoms with Crippen molar-refractivity contribution >= 4 is 0 Å². The first kappa shape index (κ1) is 16.2. The molecule has 0 saturated carbocycles. The van der Waals surface area contributed by atoms with Crippen molar-refractivity contribution in [3.8, 4) is 0 Å². The Kier molecular flexibility index (Phi) is 7.11. The predicted molar refractivity (Wildman–Crippen MR) is 82.8 cm³/mol. The summed E-state index contributed by atoms with van der Waals surface area (Å²) >= 11 is 0. The molecule has 1 N–H and O–H groups in total. The van der Waals surface area contributed by atoms with Crippen LogP contribution < -0.4 is 5.32 Å². The van der Waals surface area contributed by atoms with Crippen molar-refractivity contribution in [1.29, 1.82) is 0 Å². The van der Waals surface area contributed by atoms with E-state index in [1.807, 2.05) is 0 Å². The predicted octanol–water partition coefficient (Wildman–Crippen LogP) is 3.64. The van der Waals surface area contributed by atoms with Crippen molar-refractivity contribution in [3.63, 3.8) is 0 Å². The maximum atomic E-state index is 5.42. The maximum absolute atomic E-state index is 5.42. The second-order valence-electron chi connectivity index (χ2n) is 5.51. The Morgan fingerprint density at radius 2 is 1.84 bits per heavy atom. The van der Waals surface area contributed by atoms with E-state index in [0.29, 0.717) is 12.1 Å². The third-order valence-electron chi connectivity index (χ3n) is 3.80. The van der Waals surface area contributed by atoms with Crippen LogP contribution in [0.2, 0.25) is 0 Å². The summed E-state index contributed by atoms with van der Waals surface area (Å²) < 4.78 is 5.42. The van der Waals surface area contributed by atoms with E-state index >= 15 is 0 Å². The standard InChI is InChI=1S/C17H29NO/c1-6-10-18-16(11-15(4)19-5)12-17-13(2)8-7-9-14(17)3/h7-9,15-16,18H,6,10-12H2,1-5H3. The summed E-state index contributed by atoms with van der Waals surface area (Å²) in [7, 11) is 1.79. The lowest BCUT2D eigenvalue weighted by atomic mass is 9.94. The van der Waals surface area contributed by atoms with Gasteiger partial charge in [0, 0.05) is 13.2 Å². The van der Waals surface area contributed by atoms with E-state index in [0.717, 1.165) is 19.4 Å². The fourth-order valence-electron chi connectivity index (χ4n) is 2.50. The number of ether oxygens (including phenoxy) is 1. The molecular weight excluding hydrogens is 234 g/mol. The summed E-state index contributed by atoms with van der Waals surface area (Å²) in [6, 6.07) is 7.05. The normalized spacial score (nSPS) is 14.4. The Morgan fingerprint density at radius 3 is 2.37 bits per heavy atom. The number of hydrogen-bond donors (Lipinski definition) is 1. The lowest BCUT2D eigenvalue weighted by molar-refractivity contribution is 0.100. The van der Waals surface area contributed by atoms with Gasteiger partial charge in [0.2, 0.25) is 0 Å². The molecule has 0 aliphatic carbocycles. The van der Waals surface area contributed by atoms with Crippen molar-refractivity contribution in [1.82, 2.24) is 5.32 Å². The van der Waals surface area contributed by atoms with Crippen LogP contribution in [-0.4, -0.2) is 25.8 Å². The van der Waals surface area contributed by atoms with Crippen molar-refractivity contribution in [2.45, 2.75) is 59.1 Å². The van der Waals surface area contributed by atoms with E-state index < -0.39 is 0 Å². The van der Waals surface area contributed by atoms with Gasteiger partial charge in [0.05, 0.1) is 6.10 Å². The second-order valence-corrected chi connectivity index (χ2v) is 5.51. The number of benzene rings is 1. The summed E-state index contributed by atoms with van der Waals surface area (Å²) in [5.74, 6) is 0. The highest BCUT2D eigenvalue weighted by Crippen LogP contribution is 2.17. The maximum Gasteiger partial charge on any atom is 0.0558 e. The van der Waals surface area contributed by atoms with Gasteiger partial charge in [-0.25, -0.2) is 0 Å². The molecule has 0 aliphatic heterocycles. The number of aryl methyl sites for hydroxylation is 2. The minimum absolute atomic E-state index is 0.304. The fourth-order valence-corrected chi connectivity index (χ4v) is 2.50. The molecule has 0 bridgehead atoms. The van der Waals surface area contributed by atoms with Gasteiger partial charge in [-0.3, -0.25) is 0 Å². The van der Waals surface area contributed by atoms with Gasteiger partial charge in [-0.2, -0.15) is 0 Å². The van der Waals surface area contributed by atoms with Crippen molar-refractivity contribution in [3.05, 3.63) is 34.9 Å². The Morgan fingerprint density at radius 1 is 1.21 bits per heavy atom. The van der Waals surface area contributed by atoms with Gasteiger partial charge < -0.3 is 10.1 Å². The molecule has 2 unspecified atom stereocenters. The molecule has 0 radical (unpaired) electrons. The van der Waals surface area contributed by atoms with E-state index in [4.69, 9.17) is 4.74 Å². The molecule has 1 aromatic carbocycles. The summed E-state index contributed by atoms with van der Waals surface area (Å²) in [6.07, 6.45) is 3.62. The molecule has 1 rings (SSSR count). The topological polar surface area (TPSA) is 21.3 Å². The highest BCUT2D eigenvalue weighted by atomic mass is 16.5.